The molecule has 0 radical (unpaired) electrons. The highest BCUT2D eigenvalue weighted by Crippen LogP contribution is 2.28. The predicted octanol–water partition coefficient (Wildman–Crippen LogP) is 2.62. The quantitative estimate of drug-likeness (QED) is 0.425. The van der Waals surface area contributed by atoms with Crippen LogP contribution in [0.15, 0.2) is 23.3 Å². The van der Waals surface area contributed by atoms with E-state index in [0.29, 0.717) is 6.04 Å². The molecule has 0 aliphatic heterocycles. The molecule has 22 heavy (non-hydrogen) atoms. The second-order valence-electron chi connectivity index (χ2n) is 5.59. The first-order chi connectivity index (χ1) is 10.2. The highest BCUT2D eigenvalue weighted by atomic mass is 127. The van der Waals surface area contributed by atoms with Gasteiger partial charge in [0, 0.05) is 38.9 Å². The zero-order chi connectivity index (χ0) is 15.2. The van der Waals surface area contributed by atoms with Gasteiger partial charge in [0.15, 0.2) is 5.96 Å². The zero-order valence-corrected chi connectivity index (χ0v) is 16.3. The molecular weight excluding hydrogens is 389 g/mol. The Hall–Kier alpha value is -1.05. The number of nitrogens with one attached hydrogen (secondary N) is 2. The van der Waals surface area contributed by atoms with Gasteiger partial charge in [0.2, 0.25) is 0 Å². The van der Waals surface area contributed by atoms with Gasteiger partial charge in [-0.3, -0.25) is 4.99 Å². The van der Waals surface area contributed by atoms with Gasteiger partial charge in [-0.15, -0.1) is 24.0 Å². The summed E-state index contributed by atoms with van der Waals surface area (Å²) in [6.07, 6.45) is 3.18. The van der Waals surface area contributed by atoms with Crippen molar-refractivity contribution in [2.75, 3.05) is 25.0 Å². The van der Waals surface area contributed by atoms with Crippen LogP contribution in [0.5, 0.6) is 0 Å². The molecule has 1 saturated carbocycles. The van der Waals surface area contributed by atoms with Crippen molar-refractivity contribution in [3.63, 3.8) is 0 Å². The molecular formula is C16H28IN5. The van der Waals surface area contributed by atoms with Crippen LogP contribution in [-0.2, 0) is 6.54 Å². The lowest BCUT2D eigenvalue weighted by Gasteiger charge is -2.19. The van der Waals surface area contributed by atoms with Crippen molar-refractivity contribution in [3.8, 4) is 0 Å². The van der Waals surface area contributed by atoms with Gasteiger partial charge in [-0.2, -0.15) is 0 Å². The minimum absolute atomic E-state index is 0. The van der Waals surface area contributed by atoms with Crippen LogP contribution in [0.1, 0.15) is 32.8 Å². The van der Waals surface area contributed by atoms with E-state index in [9.17, 15) is 0 Å². The van der Waals surface area contributed by atoms with Crippen LogP contribution in [0.25, 0.3) is 0 Å². The van der Waals surface area contributed by atoms with Crippen molar-refractivity contribution in [2.45, 2.75) is 39.8 Å². The Morgan fingerprint density at radius 3 is 2.50 bits per heavy atom. The van der Waals surface area contributed by atoms with Gasteiger partial charge >= 0.3 is 0 Å². The molecule has 2 rings (SSSR count). The van der Waals surface area contributed by atoms with Crippen LogP contribution in [0.4, 0.5) is 5.82 Å². The molecule has 6 heteroatoms. The standard InChI is InChI=1S/C16H27N5.HI/c1-5-21(6-2)15-8-7-13(10-18-15)11-19-16(17-4)20-14-9-12(14)3;/h7-8,10,12,14H,5-6,9,11H2,1-4H3,(H2,17,19,20);1H. The fourth-order valence-electron chi connectivity index (χ4n) is 2.34. The highest BCUT2D eigenvalue weighted by molar-refractivity contribution is 14.0. The van der Waals surface area contributed by atoms with Crippen molar-refractivity contribution in [2.24, 2.45) is 10.9 Å². The summed E-state index contributed by atoms with van der Waals surface area (Å²) in [7, 11) is 1.81. The molecule has 0 spiro atoms. The average molecular weight is 417 g/mol. The maximum absolute atomic E-state index is 4.54. The van der Waals surface area contributed by atoms with Gasteiger partial charge < -0.3 is 15.5 Å². The second kappa shape index (κ2) is 9.17. The predicted molar refractivity (Wildman–Crippen MR) is 104 cm³/mol. The van der Waals surface area contributed by atoms with E-state index < -0.39 is 0 Å². The second-order valence-corrected chi connectivity index (χ2v) is 5.59. The van der Waals surface area contributed by atoms with Gasteiger partial charge in [0.05, 0.1) is 0 Å². The molecule has 1 heterocycles. The summed E-state index contributed by atoms with van der Waals surface area (Å²) in [5.41, 5.74) is 1.16. The SMILES string of the molecule is CCN(CC)c1ccc(CNC(=NC)NC2CC2C)cn1.I. The summed E-state index contributed by atoms with van der Waals surface area (Å²) in [6, 6.07) is 4.79. The van der Waals surface area contributed by atoms with Crippen LogP contribution in [-0.4, -0.2) is 37.1 Å². The van der Waals surface area contributed by atoms with Crippen molar-refractivity contribution in [1.82, 2.24) is 15.6 Å². The van der Waals surface area contributed by atoms with Crippen molar-refractivity contribution < 1.29 is 0 Å². The molecule has 0 aromatic carbocycles. The highest BCUT2D eigenvalue weighted by Gasteiger charge is 2.33. The minimum atomic E-state index is 0. The van der Waals surface area contributed by atoms with Gasteiger partial charge in [-0.1, -0.05) is 13.0 Å². The first kappa shape index (κ1) is 19.0. The molecule has 2 N–H and O–H groups in total. The summed E-state index contributed by atoms with van der Waals surface area (Å²) in [5, 5.41) is 6.76. The topological polar surface area (TPSA) is 52.5 Å². The fraction of sp³-hybridized carbons (Fsp3) is 0.625. The average Bonchev–Trinajstić information content (AvgIpc) is 3.21. The fourth-order valence-corrected chi connectivity index (χ4v) is 2.34. The smallest absolute Gasteiger partial charge is 0.191 e. The molecule has 1 aliphatic rings. The molecule has 1 aliphatic carbocycles. The molecule has 2 atom stereocenters. The van der Waals surface area contributed by atoms with Crippen LogP contribution in [0.3, 0.4) is 0 Å². The van der Waals surface area contributed by atoms with E-state index in [-0.39, 0.29) is 24.0 Å². The van der Waals surface area contributed by atoms with Gasteiger partial charge in [-0.25, -0.2) is 4.98 Å². The van der Waals surface area contributed by atoms with Gasteiger partial charge in [-0.05, 0) is 37.8 Å². The van der Waals surface area contributed by atoms with Crippen molar-refractivity contribution in [1.29, 1.82) is 0 Å². The monoisotopic (exact) mass is 417 g/mol. The molecule has 1 fully saturated rings. The maximum Gasteiger partial charge on any atom is 0.191 e. The number of guanidine groups is 1. The molecule has 0 saturated heterocycles. The minimum Gasteiger partial charge on any atom is -0.357 e. The van der Waals surface area contributed by atoms with Crippen LogP contribution >= 0.6 is 24.0 Å². The number of nitrogens with zero attached hydrogens (tertiary/aromatic N) is 3. The number of rotatable bonds is 6. The van der Waals surface area contributed by atoms with Gasteiger partial charge in [0.1, 0.15) is 5.82 Å². The van der Waals surface area contributed by atoms with Crippen molar-refractivity contribution in [3.05, 3.63) is 23.9 Å². The lowest BCUT2D eigenvalue weighted by molar-refractivity contribution is 0.762. The summed E-state index contributed by atoms with van der Waals surface area (Å²) < 4.78 is 0. The Balaban J connectivity index is 0.00000242. The summed E-state index contributed by atoms with van der Waals surface area (Å²) in [5.74, 6) is 2.67. The Morgan fingerprint density at radius 2 is 2.05 bits per heavy atom. The Morgan fingerprint density at radius 1 is 1.36 bits per heavy atom. The Bertz CT molecular complexity index is 470. The first-order valence-electron chi connectivity index (χ1n) is 7.85. The van der Waals surface area contributed by atoms with E-state index in [4.69, 9.17) is 0 Å². The molecule has 5 nitrogen and oxygen atoms in total. The molecule has 1 aromatic heterocycles. The van der Waals surface area contributed by atoms with Crippen LogP contribution in [0, 0.1) is 5.92 Å². The number of hydrogen-bond acceptors (Lipinski definition) is 3. The van der Waals surface area contributed by atoms with Crippen molar-refractivity contribution >= 4 is 35.8 Å². The maximum atomic E-state index is 4.54. The normalized spacial score (nSPS) is 20.1. The number of pyridine rings is 1. The molecule has 2 unspecified atom stereocenters. The summed E-state index contributed by atoms with van der Waals surface area (Å²) >= 11 is 0. The van der Waals surface area contributed by atoms with E-state index in [2.05, 4.69) is 58.4 Å². The molecule has 1 aromatic rings. The molecule has 0 amide bonds. The third-order valence-electron chi connectivity index (χ3n) is 4.01. The van der Waals surface area contributed by atoms with Gasteiger partial charge in [0.25, 0.3) is 0 Å². The third kappa shape index (κ3) is 5.30. The third-order valence-corrected chi connectivity index (χ3v) is 4.01. The Kier molecular flexibility index (Phi) is 7.92. The molecule has 124 valence electrons. The molecule has 0 bridgehead atoms. The van der Waals surface area contributed by atoms with E-state index in [1.165, 1.54) is 6.42 Å². The Labute approximate surface area is 151 Å². The number of anilines is 1. The summed E-state index contributed by atoms with van der Waals surface area (Å²) in [4.78, 5) is 11.0. The lowest BCUT2D eigenvalue weighted by Crippen LogP contribution is -2.38. The number of aliphatic imine (C=N–C) groups is 1. The summed E-state index contributed by atoms with van der Waals surface area (Å²) in [6.45, 7) is 9.26. The van der Waals surface area contributed by atoms with E-state index in [1.807, 2.05) is 13.2 Å². The lowest BCUT2D eigenvalue weighted by atomic mass is 10.2. The number of hydrogen-bond donors (Lipinski definition) is 2. The van der Waals surface area contributed by atoms with Crippen LogP contribution in [0.2, 0.25) is 0 Å². The zero-order valence-electron chi connectivity index (χ0n) is 14.0. The van der Waals surface area contributed by atoms with Crippen LogP contribution < -0.4 is 15.5 Å². The van der Waals surface area contributed by atoms with E-state index >= 15 is 0 Å². The van der Waals surface area contributed by atoms with E-state index in [1.54, 1.807) is 0 Å². The number of halogens is 1. The number of aromatic nitrogens is 1. The largest absolute Gasteiger partial charge is 0.357 e. The van der Waals surface area contributed by atoms with E-state index in [0.717, 1.165) is 42.9 Å². The first-order valence-corrected chi connectivity index (χ1v) is 7.85.